The normalized spacial score (nSPS) is 10.3. The molecule has 0 aliphatic carbocycles. The van der Waals surface area contributed by atoms with E-state index in [0.29, 0.717) is 0 Å². The Morgan fingerprint density at radius 3 is 2.38 bits per heavy atom. The zero-order valence-electron chi connectivity index (χ0n) is 14.6. The number of nitrogens with zero attached hydrogens (tertiary/aromatic N) is 2. The predicted octanol–water partition coefficient (Wildman–Crippen LogP) is 0.751. The average Bonchev–Trinajstić information content (AvgIpc) is 2.99. The number of imidazole rings is 1. The molecule has 126 valence electrons. The van der Waals surface area contributed by atoms with E-state index in [4.69, 9.17) is 4.74 Å². The van der Waals surface area contributed by atoms with Crippen LogP contribution in [0.1, 0.15) is 22.3 Å². The Kier molecular flexibility index (Phi) is 5.68. The first kappa shape index (κ1) is 18.1. The van der Waals surface area contributed by atoms with Crippen LogP contribution in [0.4, 0.5) is 0 Å². The number of para-hydroxylation sites is 2. The van der Waals surface area contributed by atoms with Crippen molar-refractivity contribution in [3.8, 4) is 11.4 Å². The summed E-state index contributed by atoms with van der Waals surface area (Å²) in [6.07, 6.45) is 6.28. The van der Waals surface area contributed by atoms with Gasteiger partial charge in [-0.15, -0.1) is 0 Å². The van der Waals surface area contributed by atoms with Crippen LogP contribution in [0.15, 0.2) is 55.1 Å². The molecule has 0 atom stereocenters. The van der Waals surface area contributed by atoms with Crippen molar-refractivity contribution in [1.29, 1.82) is 0 Å². The van der Waals surface area contributed by atoms with Crippen molar-refractivity contribution < 1.29 is 21.7 Å². The first-order valence-electron chi connectivity index (χ1n) is 7.85. The van der Waals surface area contributed by atoms with Crippen molar-refractivity contribution in [2.75, 3.05) is 7.11 Å². The molecule has 0 fully saturated rings. The number of hydrogen-bond acceptors (Lipinski definition) is 1. The second kappa shape index (κ2) is 7.54. The lowest BCUT2D eigenvalue weighted by molar-refractivity contribution is -0.687. The molecular weight excluding hydrogens is 320 g/mol. The fraction of sp³-hybridized carbons (Fsp3) is 0.250. The zero-order chi connectivity index (χ0) is 16.4. The number of rotatable bonds is 4. The molecule has 0 saturated carbocycles. The zero-order valence-corrected chi connectivity index (χ0v) is 15.3. The molecule has 0 radical (unpaired) electrons. The molecule has 3 nitrogen and oxygen atoms in total. The van der Waals surface area contributed by atoms with E-state index < -0.39 is 0 Å². The quantitative estimate of drug-likeness (QED) is 0.640. The lowest BCUT2D eigenvalue weighted by Gasteiger charge is -2.09. The molecule has 0 unspecified atom stereocenters. The molecule has 0 bridgehead atoms. The van der Waals surface area contributed by atoms with Crippen LogP contribution in [0, 0.1) is 20.8 Å². The fourth-order valence-electron chi connectivity index (χ4n) is 3.12. The molecule has 0 N–H and O–H groups in total. The van der Waals surface area contributed by atoms with Crippen molar-refractivity contribution in [2.24, 2.45) is 0 Å². The largest absolute Gasteiger partial charge is 1.00 e. The highest BCUT2D eigenvalue weighted by Crippen LogP contribution is 2.21. The van der Waals surface area contributed by atoms with Crippen molar-refractivity contribution in [3.05, 3.63) is 77.4 Å². The van der Waals surface area contributed by atoms with Crippen LogP contribution >= 0.6 is 0 Å². The molecule has 0 aliphatic heterocycles. The molecule has 0 amide bonds. The van der Waals surface area contributed by atoms with E-state index in [1.54, 1.807) is 7.11 Å². The van der Waals surface area contributed by atoms with Crippen LogP contribution in [0.25, 0.3) is 5.69 Å². The van der Waals surface area contributed by atoms with E-state index in [2.05, 4.69) is 66.8 Å². The molecule has 1 aromatic heterocycles. The summed E-state index contributed by atoms with van der Waals surface area (Å²) >= 11 is 0. The maximum absolute atomic E-state index is 5.45. The second-order valence-electron chi connectivity index (χ2n) is 6.04. The van der Waals surface area contributed by atoms with E-state index in [1.165, 1.54) is 22.3 Å². The number of ether oxygens (including phenoxy) is 1. The SMILES string of the molecule is COc1ccccc1-n1cc[n+](Cc2c(C)cc(C)cc2C)c1.[Cl-]. The monoisotopic (exact) mass is 342 g/mol. The standard InChI is InChI=1S/C20H23N2O.ClH/c1-15-11-16(2)18(17(3)12-15)13-21-9-10-22(14-21)19-7-5-6-8-20(19)23-4;/h5-12,14H,13H2,1-4H3;1H/q+1;/p-1. The maximum Gasteiger partial charge on any atom is 0.249 e. The van der Waals surface area contributed by atoms with E-state index in [9.17, 15) is 0 Å². The molecule has 3 rings (SSSR count). The second-order valence-corrected chi connectivity index (χ2v) is 6.04. The van der Waals surface area contributed by atoms with Crippen LogP contribution in [-0.4, -0.2) is 11.7 Å². The number of halogens is 1. The average molecular weight is 343 g/mol. The molecule has 1 heterocycles. The summed E-state index contributed by atoms with van der Waals surface area (Å²) in [6, 6.07) is 12.6. The van der Waals surface area contributed by atoms with Crippen molar-refractivity contribution in [3.63, 3.8) is 0 Å². The summed E-state index contributed by atoms with van der Waals surface area (Å²) < 4.78 is 9.75. The van der Waals surface area contributed by atoms with E-state index >= 15 is 0 Å². The minimum Gasteiger partial charge on any atom is -1.00 e. The first-order chi connectivity index (χ1) is 11.1. The highest BCUT2D eigenvalue weighted by atomic mass is 35.5. The number of hydrogen-bond donors (Lipinski definition) is 0. The van der Waals surface area contributed by atoms with E-state index in [0.717, 1.165) is 18.0 Å². The Hall–Kier alpha value is -2.26. The van der Waals surface area contributed by atoms with Gasteiger partial charge in [-0.2, -0.15) is 4.57 Å². The number of aromatic nitrogens is 2. The van der Waals surface area contributed by atoms with Crippen molar-refractivity contribution >= 4 is 0 Å². The van der Waals surface area contributed by atoms with Gasteiger partial charge in [0, 0.05) is 0 Å². The smallest absolute Gasteiger partial charge is 0.249 e. The van der Waals surface area contributed by atoms with Gasteiger partial charge in [0.15, 0.2) is 11.4 Å². The van der Waals surface area contributed by atoms with Crippen LogP contribution in [-0.2, 0) is 6.54 Å². The Balaban J connectivity index is 0.00000208. The summed E-state index contributed by atoms with van der Waals surface area (Å²) in [7, 11) is 1.70. The highest BCUT2D eigenvalue weighted by molar-refractivity contribution is 5.46. The Bertz CT molecular complexity index is 816. The van der Waals surface area contributed by atoms with Gasteiger partial charge in [-0.3, -0.25) is 0 Å². The van der Waals surface area contributed by atoms with Crippen molar-refractivity contribution in [1.82, 2.24) is 4.57 Å². The molecule has 0 saturated heterocycles. The first-order valence-corrected chi connectivity index (χ1v) is 7.85. The van der Waals surface area contributed by atoms with Crippen LogP contribution < -0.4 is 21.7 Å². The minimum atomic E-state index is 0. The predicted molar refractivity (Wildman–Crippen MR) is 92.3 cm³/mol. The summed E-state index contributed by atoms with van der Waals surface area (Å²) in [4.78, 5) is 0. The third-order valence-corrected chi connectivity index (χ3v) is 4.24. The van der Waals surface area contributed by atoms with E-state index in [-0.39, 0.29) is 12.4 Å². The van der Waals surface area contributed by atoms with Crippen LogP contribution in [0.3, 0.4) is 0 Å². The molecule has 0 spiro atoms. The summed E-state index contributed by atoms with van der Waals surface area (Å²) in [5.74, 6) is 0.873. The lowest BCUT2D eigenvalue weighted by Crippen LogP contribution is -3.00. The van der Waals surface area contributed by atoms with E-state index in [1.807, 2.05) is 18.2 Å². The Morgan fingerprint density at radius 2 is 1.71 bits per heavy atom. The number of methoxy groups -OCH3 is 1. The molecule has 4 heteroatoms. The molecule has 3 aromatic rings. The third kappa shape index (κ3) is 3.62. The van der Waals surface area contributed by atoms with Gasteiger partial charge in [0.25, 0.3) is 0 Å². The van der Waals surface area contributed by atoms with Gasteiger partial charge in [0.2, 0.25) is 6.33 Å². The van der Waals surface area contributed by atoms with Gasteiger partial charge in [0.1, 0.15) is 18.9 Å². The van der Waals surface area contributed by atoms with Crippen molar-refractivity contribution in [2.45, 2.75) is 27.3 Å². The summed E-state index contributed by atoms with van der Waals surface area (Å²) in [5, 5.41) is 0. The molecule has 2 aromatic carbocycles. The minimum absolute atomic E-state index is 0. The van der Waals surface area contributed by atoms with Gasteiger partial charge in [0.05, 0.1) is 7.11 Å². The Labute approximate surface area is 149 Å². The van der Waals surface area contributed by atoms with Gasteiger partial charge >= 0.3 is 0 Å². The topological polar surface area (TPSA) is 18.0 Å². The van der Waals surface area contributed by atoms with Gasteiger partial charge in [-0.25, -0.2) is 4.57 Å². The molecule has 24 heavy (non-hydrogen) atoms. The van der Waals surface area contributed by atoms with Crippen LogP contribution in [0.2, 0.25) is 0 Å². The van der Waals surface area contributed by atoms with Gasteiger partial charge < -0.3 is 17.1 Å². The number of benzene rings is 2. The lowest BCUT2D eigenvalue weighted by atomic mass is 10.00. The van der Waals surface area contributed by atoms with Crippen LogP contribution in [0.5, 0.6) is 5.75 Å². The number of aryl methyl sites for hydroxylation is 3. The Morgan fingerprint density at radius 1 is 1.04 bits per heavy atom. The van der Waals surface area contributed by atoms with Gasteiger partial charge in [-0.1, -0.05) is 29.8 Å². The fourth-order valence-corrected chi connectivity index (χ4v) is 3.12. The highest BCUT2D eigenvalue weighted by Gasteiger charge is 2.13. The maximum atomic E-state index is 5.45. The van der Waals surface area contributed by atoms with Gasteiger partial charge in [-0.05, 0) is 49.6 Å². The molecular formula is C20H23ClN2O. The third-order valence-electron chi connectivity index (χ3n) is 4.24. The summed E-state index contributed by atoms with van der Waals surface area (Å²) in [6.45, 7) is 7.40. The summed E-state index contributed by atoms with van der Waals surface area (Å²) in [5.41, 5.74) is 6.45. The molecule has 0 aliphatic rings.